The second-order valence-corrected chi connectivity index (χ2v) is 24.2. The van der Waals surface area contributed by atoms with Crippen LogP contribution in [0.1, 0.15) is 231 Å². The summed E-state index contributed by atoms with van der Waals surface area (Å²) in [4.78, 5) is 6.71. The molecule has 2 nitrogen and oxygen atoms in total. The van der Waals surface area contributed by atoms with Gasteiger partial charge in [0.15, 0.2) is 0 Å². The number of hydrogen-bond donors (Lipinski definition) is 0. The van der Waals surface area contributed by atoms with Crippen LogP contribution in [-0.4, -0.2) is 46.1 Å². The van der Waals surface area contributed by atoms with Gasteiger partial charge < -0.3 is 0 Å². The van der Waals surface area contributed by atoms with Crippen LogP contribution >= 0.6 is 0 Å². The van der Waals surface area contributed by atoms with E-state index >= 15 is 0 Å². The summed E-state index contributed by atoms with van der Waals surface area (Å²) in [6, 6.07) is 5.80. The van der Waals surface area contributed by atoms with Crippen LogP contribution in [0.3, 0.4) is 0 Å². The number of fused-ring (bicyclic) bond motifs is 6. The van der Waals surface area contributed by atoms with Crippen molar-refractivity contribution in [3.63, 3.8) is 0 Å². The average molecular weight is 767 g/mol. The molecule has 14 atom stereocenters. The molecule has 11 fully saturated rings. The fraction of sp³-hybridized carbons (Fsp3) is 1.00. The molecule has 14 unspecified atom stereocenters. The molecule has 11 rings (SSSR count). The molecule has 9 saturated carbocycles. The molecule has 9 aliphatic carbocycles. The van der Waals surface area contributed by atoms with Gasteiger partial charge in [-0.2, -0.15) is 0 Å². The van der Waals surface area contributed by atoms with Gasteiger partial charge in [-0.05, 0) is 174 Å². The molecule has 0 amide bonds. The van der Waals surface area contributed by atoms with E-state index in [4.69, 9.17) is 0 Å². The van der Waals surface area contributed by atoms with Gasteiger partial charge in [0.05, 0.1) is 0 Å². The first-order valence-electron chi connectivity index (χ1n) is 27.3. The van der Waals surface area contributed by atoms with Crippen molar-refractivity contribution in [1.29, 1.82) is 0 Å². The first-order valence-corrected chi connectivity index (χ1v) is 27.3. The van der Waals surface area contributed by atoms with E-state index in [1.54, 1.807) is 180 Å². The maximum atomic E-state index is 3.44. The highest BCUT2D eigenvalue weighted by Crippen LogP contribution is 2.59. The third-order valence-corrected chi connectivity index (χ3v) is 21.9. The lowest BCUT2D eigenvalue weighted by Gasteiger charge is -2.50. The molecule has 316 valence electrons. The highest BCUT2D eigenvalue weighted by molar-refractivity contribution is 5.09. The van der Waals surface area contributed by atoms with Gasteiger partial charge in [0.2, 0.25) is 0 Å². The van der Waals surface area contributed by atoms with Crippen molar-refractivity contribution in [1.82, 2.24) is 9.80 Å². The molecule has 2 saturated heterocycles. The summed E-state index contributed by atoms with van der Waals surface area (Å²) in [5, 5.41) is 0. The van der Waals surface area contributed by atoms with Crippen molar-refractivity contribution < 1.29 is 0 Å². The Morgan fingerprint density at radius 2 is 0.571 bits per heavy atom. The van der Waals surface area contributed by atoms with Crippen molar-refractivity contribution in [2.75, 3.05) is 0 Å². The van der Waals surface area contributed by atoms with Crippen molar-refractivity contribution >= 4 is 0 Å². The Morgan fingerprint density at radius 3 is 1.09 bits per heavy atom. The highest BCUT2D eigenvalue weighted by atomic mass is 15.3. The Hall–Kier alpha value is -0.0800. The van der Waals surface area contributed by atoms with E-state index in [1.807, 2.05) is 0 Å². The fourth-order valence-electron chi connectivity index (χ4n) is 19.7. The lowest BCUT2D eigenvalue weighted by Crippen LogP contribution is -2.51. The van der Waals surface area contributed by atoms with Gasteiger partial charge in [-0.3, -0.25) is 9.80 Å². The summed E-state index contributed by atoms with van der Waals surface area (Å²) in [5.74, 6) is 12.9. The largest absolute Gasteiger partial charge is 0.294 e. The van der Waals surface area contributed by atoms with Gasteiger partial charge >= 0.3 is 0 Å². The zero-order valence-corrected chi connectivity index (χ0v) is 36.7. The van der Waals surface area contributed by atoms with Gasteiger partial charge in [0.1, 0.15) is 0 Å². The zero-order valence-electron chi connectivity index (χ0n) is 36.7. The lowest BCUT2D eigenvalue weighted by molar-refractivity contribution is -0.00495. The maximum Gasteiger partial charge on any atom is 0.0133 e. The molecule has 2 aliphatic heterocycles. The van der Waals surface area contributed by atoms with Crippen LogP contribution < -0.4 is 0 Å². The van der Waals surface area contributed by atoms with E-state index in [0.29, 0.717) is 0 Å². The van der Waals surface area contributed by atoms with Gasteiger partial charge in [-0.25, -0.2) is 0 Å². The van der Waals surface area contributed by atoms with E-state index in [0.717, 1.165) is 107 Å². The molecule has 2 heteroatoms. The fourth-order valence-corrected chi connectivity index (χ4v) is 19.7. The second-order valence-electron chi connectivity index (χ2n) is 24.2. The Morgan fingerprint density at radius 1 is 0.196 bits per heavy atom. The van der Waals surface area contributed by atoms with Crippen LogP contribution in [0.15, 0.2) is 0 Å². The van der Waals surface area contributed by atoms with Crippen LogP contribution in [0.4, 0.5) is 0 Å². The molecule has 0 radical (unpaired) electrons. The summed E-state index contributed by atoms with van der Waals surface area (Å²) in [5.41, 5.74) is 0. The minimum absolute atomic E-state index is 0.947. The first kappa shape index (κ1) is 38.8. The molecule has 0 bridgehead atoms. The minimum atomic E-state index is 0.947. The summed E-state index contributed by atoms with van der Waals surface area (Å²) in [6.45, 7) is 0. The van der Waals surface area contributed by atoms with Crippen molar-refractivity contribution in [3.05, 3.63) is 0 Å². The summed E-state index contributed by atoms with van der Waals surface area (Å²) in [6.07, 6.45) is 56.6. The SMILES string of the molecule is C1CCC(C2CC(C3CCCCC3)CC(N3C4CCCCC4C4CC(C5CCCC(C6CCC7C(C6)C6CCCCC6N7C6CCCCC6)C5)CCC43)C2)CC1. The van der Waals surface area contributed by atoms with Gasteiger partial charge in [-0.15, -0.1) is 0 Å². The topological polar surface area (TPSA) is 6.48 Å². The standard InChI is InChI=1S/C54H90N2/c1-4-15-37(16-5-1)43-32-44(38-17-6-2-7-18-38)34-46(33-43)56-52-26-13-11-24-48(52)50-36-42(28-30-54(50)56)40-20-14-19-39(31-40)41-27-29-53-49(35-41)47-23-10-12-25-51(47)55(53)45-21-8-3-9-22-45/h37-54H,1-36H2. The average Bonchev–Trinajstić information content (AvgIpc) is 3.79. The molecule has 0 aromatic carbocycles. The van der Waals surface area contributed by atoms with E-state index in [-0.39, 0.29) is 0 Å². The smallest absolute Gasteiger partial charge is 0.0133 e. The monoisotopic (exact) mass is 767 g/mol. The molecule has 0 aromatic rings. The molecule has 0 spiro atoms. The quantitative estimate of drug-likeness (QED) is 0.266. The predicted molar refractivity (Wildman–Crippen MR) is 234 cm³/mol. The van der Waals surface area contributed by atoms with Crippen molar-refractivity contribution in [2.45, 2.75) is 267 Å². The Balaban J connectivity index is 0.769. The highest BCUT2D eigenvalue weighted by Gasteiger charge is 2.57. The predicted octanol–water partition coefficient (Wildman–Crippen LogP) is 14.4. The van der Waals surface area contributed by atoms with Crippen LogP contribution in [0.2, 0.25) is 0 Å². The molecule has 0 N–H and O–H groups in total. The number of hydrogen-bond acceptors (Lipinski definition) is 2. The van der Waals surface area contributed by atoms with Gasteiger partial charge in [-0.1, -0.05) is 128 Å². The van der Waals surface area contributed by atoms with Crippen molar-refractivity contribution in [3.8, 4) is 0 Å². The van der Waals surface area contributed by atoms with E-state index in [1.165, 1.54) is 51.4 Å². The number of nitrogens with zero attached hydrogens (tertiary/aromatic N) is 2. The van der Waals surface area contributed by atoms with Crippen LogP contribution in [0.25, 0.3) is 0 Å². The van der Waals surface area contributed by atoms with E-state index in [9.17, 15) is 0 Å². The van der Waals surface area contributed by atoms with Crippen LogP contribution in [0.5, 0.6) is 0 Å². The Bertz CT molecular complexity index is 1230. The maximum absolute atomic E-state index is 3.44. The van der Waals surface area contributed by atoms with Crippen molar-refractivity contribution in [2.24, 2.45) is 71.0 Å². The summed E-state index contributed by atoms with van der Waals surface area (Å²) in [7, 11) is 0. The second kappa shape index (κ2) is 17.4. The zero-order chi connectivity index (χ0) is 37.0. The molecule has 56 heavy (non-hydrogen) atoms. The number of rotatable bonds is 6. The van der Waals surface area contributed by atoms with Crippen LogP contribution in [0, 0.1) is 71.0 Å². The van der Waals surface area contributed by atoms with Crippen LogP contribution in [-0.2, 0) is 0 Å². The van der Waals surface area contributed by atoms with E-state index in [2.05, 4.69) is 9.80 Å². The normalized spacial score (nSPS) is 49.2. The molecule has 0 aromatic heterocycles. The van der Waals surface area contributed by atoms with Gasteiger partial charge in [0, 0.05) is 36.3 Å². The molecule has 2 heterocycles. The van der Waals surface area contributed by atoms with Gasteiger partial charge in [0.25, 0.3) is 0 Å². The summed E-state index contributed by atoms with van der Waals surface area (Å²) >= 11 is 0. The first-order chi connectivity index (χ1) is 27.8. The third-order valence-electron chi connectivity index (χ3n) is 21.9. The minimum Gasteiger partial charge on any atom is -0.294 e. The Labute approximate surface area is 347 Å². The third kappa shape index (κ3) is 7.50. The molecule has 11 aliphatic rings. The molecular weight excluding hydrogens is 677 g/mol. The molecular formula is C54H90N2. The lowest BCUT2D eigenvalue weighted by atomic mass is 9.60. The number of likely N-dealkylation sites (tertiary alicyclic amines) is 2. The summed E-state index contributed by atoms with van der Waals surface area (Å²) < 4.78 is 0. The van der Waals surface area contributed by atoms with E-state index < -0.39 is 0 Å². The Kier molecular flexibility index (Phi) is 12.0.